The highest BCUT2D eigenvalue weighted by molar-refractivity contribution is 6.43. The first-order chi connectivity index (χ1) is 11.0. The quantitative estimate of drug-likeness (QED) is 0.726. The molecular weight excluding hydrogens is 296 g/mol. The van der Waals surface area contributed by atoms with Gasteiger partial charge in [-0.25, -0.2) is 5.10 Å². The van der Waals surface area contributed by atoms with Gasteiger partial charge in [0.1, 0.15) is 6.33 Å². The Morgan fingerprint density at radius 1 is 1.17 bits per heavy atom. The number of benzene rings is 1. The minimum Gasteiger partial charge on any atom is -0.372 e. The van der Waals surface area contributed by atoms with Crippen LogP contribution in [0.1, 0.15) is 19.4 Å². The summed E-state index contributed by atoms with van der Waals surface area (Å²) in [6, 6.07) is 5.70. The molecule has 0 saturated heterocycles. The SMILES string of the molecule is CCN(CC)c1ccc(NC(=O)C(=O)Nc2ncn[nH]2)c(C)c1. The van der Waals surface area contributed by atoms with Crippen molar-refractivity contribution in [3.8, 4) is 0 Å². The van der Waals surface area contributed by atoms with Gasteiger partial charge in [-0.05, 0) is 44.5 Å². The predicted octanol–water partition coefficient (Wildman–Crippen LogP) is 1.54. The minimum atomic E-state index is -0.811. The molecule has 0 aliphatic rings. The van der Waals surface area contributed by atoms with Crippen LogP contribution in [0.3, 0.4) is 0 Å². The maximum atomic E-state index is 11.9. The molecule has 0 aliphatic carbocycles. The minimum absolute atomic E-state index is 0.124. The lowest BCUT2D eigenvalue weighted by Crippen LogP contribution is -2.29. The van der Waals surface area contributed by atoms with Crippen molar-refractivity contribution < 1.29 is 9.59 Å². The molecule has 1 heterocycles. The summed E-state index contributed by atoms with van der Waals surface area (Å²) in [5, 5.41) is 11.0. The fourth-order valence-corrected chi connectivity index (χ4v) is 2.18. The van der Waals surface area contributed by atoms with Crippen LogP contribution < -0.4 is 15.5 Å². The van der Waals surface area contributed by atoms with E-state index in [1.165, 1.54) is 6.33 Å². The van der Waals surface area contributed by atoms with Crippen molar-refractivity contribution in [2.75, 3.05) is 28.6 Å². The van der Waals surface area contributed by atoms with E-state index in [2.05, 4.69) is 44.6 Å². The molecule has 0 radical (unpaired) electrons. The average Bonchev–Trinajstić information content (AvgIpc) is 3.04. The van der Waals surface area contributed by atoms with Gasteiger partial charge in [0, 0.05) is 24.5 Å². The van der Waals surface area contributed by atoms with Gasteiger partial charge in [-0.15, -0.1) is 0 Å². The van der Waals surface area contributed by atoms with Gasteiger partial charge in [0.05, 0.1) is 0 Å². The molecule has 0 saturated carbocycles. The first-order valence-corrected chi connectivity index (χ1v) is 7.38. The number of aromatic nitrogens is 3. The Bertz CT molecular complexity index is 679. The predicted molar refractivity (Wildman–Crippen MR) is 88.4 cm³/mol. The number of rotatable bonds is 5. The molecule has 0 spiro atoms. The third-order valence-corrected chi connectivity index (χ3v) is 3.44. The zero-order valence-electron chi connectivity index (χ0n) is 13.4. The lowest BCUT2D eigenvalue weighted by atomic mass is 10.1. The van der Waals surface area contributed by atoms with Crippen molar-refractivity contribution in [2.24, 2.45) is 0 Å². The second kappa shape index (κ2) is 7.39. The third kappa shape index (κ3) is 4.06. The van der Waals surface area contributed by atoms with Crippen LogP contribution >= 0.6 is 0 Å². The molecule has 122 valence electrons. The molecule has 1 aromatic carbocycles. The Hall–Kier alpha value is -2.90. The molecule has 2 aromatic rings. The summed E-state index contributed by atoms with van der Waals surface area (Å²) >= 11 is 0. The molecule has 0 aliphatic heterocycles. The molecule has 23 heavy (non-hydrogen) atoms. The Kier molecular flexibility index (Phi) is 5.29. The average molecular weight is 316 g/mol. The van der Waals surface area contributed by atoms with Gasteiger partial charge in [0.15, 0.2) is 0 Å². The largest absolute Gasteiger partial charge is 0.372 e. The summed E-state index contributed by atoms with van der Waals surface area (Å²) < 4.78 is 0. The maximum Gasteiger partial charge on any atom is 0.316 e. The molecule has 8 nitrogen and oxygen atoms in total. The number of amides is 2. The van der Waals surface area contributed by atoms with Gasteiger partial charge >= 0.3 is 11.8 Å². The van der Waals surface area contributed by atoms with E-state index < -0.39 is 11.8 Å². The number of nitrogens with one attached hydrogen (secondary N) is 3. The van der Waals surface area contributed by atoms with Gasteiger partial charge < -0.3 is 10.2 Å². The summed E-state index contributed by atoms with van der Waals surface area (Å²) in [7, 11) is 0. The molecule has 2 amide bonds. The highest BCUT2D eigenvalue weighted by Gasteiger charge is 2.16. The molecule has 0 unspecified atom stereocenters. The monoisotopic (exact) mass is 316 g/mol. The number of carbonyl (C=O) groups is 2. The van der Waals surface area contributed by atoms with Gasteiger partial charge in [-0.2, -0.15) is 10.1 Å². The van der Waals surface area contributed by atoms with Crippen molar-refractivity contribution in [3.63, 3.8) is 0 Å². The second-order valence-electron chi connectivity index (χ2n) is 4.91. The number of H-pyrrole nitrogens is 1. The highest BCUT2D eigenvalue weighted by Crippen LogP contribution is 2.22. The first kappa shape index (κ1) is 16.5. The summed E-state index contributed by atoms with van der Waals surface area (Å²) in [4.78, 5) is 29.6. The number of aryl methyl sites for hydroxylation is 1. The van der Waals surface area contributed by atoms with Gasteiger partial charge in [-0.3, -0.25) is 14.9 Å². The fourth-order valence-electron chi connectivity index (χ4n) is 2.18. The van der Waals surface area contributed by atoms with Crippen LogP contribution in [-0.2, 0) is 9.59 Å². The number of hydrogen-bond acceptors (Lipinski definition) is 5. The molecular formula is C15H20N6O2. The maximum absolute atomic E-state index is 11.9. The number of hydrogen-bond donors (Lipinski definition) is 3. The summed E-state index contributed by atoms with van der Waals surface area (Å²) in [5.41, 5.74) is 2.56. The van der Waals surface area contributed by atoms with Crippen molar-refractivity contribution in [1.82, 2.24) is 15.2 Å². The van der Waals surface area contributed by atoms with Crippen LogP contribution in [0.2, 0.25) is 0 Å². The van der Waals surface area contributed by atoms with E-state index in [0.29, 0.717) is 5.69 Å². The Labute approximate surface area is 134 Å². The van der Waals surface area contributed by atoms with Crippen LogP contribution in [0, 0.1) is 6.92 Å². The zero-order chi connectivity index (χ0) is 16.8. The molecule has 1 aromatic heterocycles. The Morgan fingerprint density at radius 3 is 2.43 bits per heavy atom. The molecule has 0 fully saturated rings. The summed E-state index contributed by atoms with van der Waals surface area (Å²) in [6.45, 7) is 7.87. The zero-order valence-corrected chi connectivity index (χ0v) is 13.4. The standard InChI is InChI=1S/C15H20N6O2/c1-4-21(5-2)11-6-7-12(10(3)8-11)18-13(22)14(23)19-15-16-9-17-20-15/h6-9H,4-5H2,1-3H3,(H,18,22)(H2,16,17,19,20,23). The van der Waals surface area contributed by atoms with E-state index in [1.807, 2.05) is 19.1 Å². The number of nitrogens with zero attached hydrogens (tertiary/aromatic N) is 3. The van der Waals surface area contributed by atoms with Crippen LogP contribution in [-0.4, -0.2) is 40.1 Å². The van der Waals surface area contributed by atoms with Gasteiger partial charge in [0.25, 0.3) is 0 Å². The van der Waals surface area contributed by atoms with E-state index in [1.54, 1.807) is 6.07 Å². The highest BCUT2D eigenvalue weighted by atomic mass is 16.2. The van der Waals surface area contributed by atoms with E-state index in [-0.39, 0.29) is 5.95 Å². The molecule has 0 bridgehead atoms. The molecule has 0 atom stereocenters. The van der Waals surface area contributed by atoms with E-state index in [9.17, 15) is 9.59 Å². The third-order valence-electron chi connectivity index (χ3n) is 3.44. The van der Waals surface area contributed by atoms with E-state index in [4.69, 9.17) is 0 Å². The van der Waals surface area contributed by atoms with Crippen molar-refractivity contribution in [1.29, 1.82) is 0 Å². The van der Waals surface area contributed by atoms with Crippen molar-refractivity contribution in [3.05, 3.63) is 30.1 Å². The summed E-state index contributed by atoms with van der Waals surface area (Å²) in [6.07, 6.45) is 1.24. The van der Waals surface area contributed by atoms with Crippen LogP contribution in [0.5, 0.6) is 0 Å². The number of anilines is 3. The van der Waals surface area contributed by atoms with Gasteiger partial charge in [0.2, 0.25) is 5.95 Å². The van der Waals surface area contributed by atoms with E-state index in [0.717, 1.165) is 24.3 Å². The fraction of sp³-hybridized carbons (Fsp3) is 0.333. The Balaban J connectivity index is 2.04. The topological polar surface area (TPSA) is 103 Å². The Morgan fingerprint density at radius 2 is 1.87 bits per heavy atom. The normalized spacial score (nSPS) is 10.2. The smallest absolute Gasteiger partial charge is 0.316 e. The summed E-state index contributed by atoms with van der Waals surface area (Å²) in [5.74, 6) is -1.45. The second-order valence-corrected chi connectivity index (χ2v) is 4.91. The molecule has 3 N–H and O–H groups in total. The number of aromatic amines is 1. The van der Waals surface area contributed by atoms with Crippen LogP contribution in [0.25, 0.3) is 0 Å². The van der Waals surface area contributed by atoms with E-state index >= 15 is 0 Å². The number of carbonyl (C=O) groups excluding carboxylic acids is 2. The van der Waals surface area contributed by atoms with Crippen molar-refractivity contribution in [2.45, 2.75) is 20.8 Å². The van der Waals surface area contributed by atoms with Gasteiger partial charge in [-0.1, -0.05) is 0 Å². The lowest BCUT2D eigenvalue weighted by Gasteiger charge is -2.22. The van der Waals surface area contributed by atoms with Crippen LogP contribution in [0.15, 0.2) is 24.5 Å². The lowest BCUT2D eigenvalue weighted by molar-refractivity contribution is -0.133. The van der Waals surface area contributed by atoms with Crippen molar-refractivity contribution >= 4 is 29.1 Å². The molecule has 8 heteroatoms. The molecule has 2 rings (SSSR count). The first-order valence-electron chi connectivity index (χ1n) is 7.38. The van der Waals surface area contributed by atoms with Crippen LogP contribution in [0.4, 0.5) is 17.3 Å².